The Morgan fingerprint density at radius 3 is 2.28 bits per heavy atom. The van der Waals surface area contributed by atoms with Gasteiger partial charge in [0.1, 0.15) is 18.3 Å². The van der Waals surface area contributed by atoms with E-state index in [2.05, 4.69) is 9.47 Å². The van der Waals surface area contributed by atoms with Gasteiger partial charge in [-0.3, -0.25) is 4.79 Å². The maximum absolute atomic E-state index is 11.0. The summed E-state index contributed by atoms with van der Waals surface area (Å²) in [6.07, 6.45) is -7.31. The van der Waals surface area contributed by atoms with Gasteiger partial charge in [0.15, 0.2) is 6.10 Å². The smallest absolute Gasteiger partial charge is 0.378 e. The van der Waals surface area contributed by atoms with Gasteiger partial charge >= 0.3 is 11.9 Å². The highest BCUT2D eigenvalue weighted by Crippen LogP contribution is 2.29. The van der Waals surface area contributed by atoms with Crippen molar-refractivity contribution in [3.8, 4) is 0 Å². The van der Waals surface area contributed by atoms with Crippen LogP contribution < -0.4 is 0 Å². The van der Waals surface area contributed by atoms with Crippen molar-refractivity contribution in [2.45, 2.75) is 37.3 Å². The fraction of sp³-hybridized carbons (Fsp3) is 0.778. The first-order valence-electron chi connectivity index (χ1n) is 5.02. The minimum atomic E-state index is -3.02. The van der Waals surface area contributed by atoms with Crippen molar-refractivity contribution >= 4 is 11.8 Å². The summed E-state index contributed by atoms with van der Waals surface area (Å²) in [5, 5.41) is 46.8. The molecule has 18 heavy (non-hydrogen) atoms. The molecule has 0 saturated carbocycles. The third-order valence-corrected chi connectivity index (χ3v) is 2.45. The van der Waals surface area contributed by atoms with Crippen LogP contribution in [0.3, 0.4) is 0 Å². The minimum Gasteiger partial charge on any atom is -0.400 e. The first kappa shape index (κ1) is 15.0. The molecule has 0 aromatic rings. The van der Waals surface area contributed by atoms with Crippen molar-refractivity contribution in [3.05, 3.63) is 0 Å². The van der Waals surface area contributed by atoms with Gasteiger partial charge in [0, 0.05) is 6.92 Å². The maximum atomic E-state index is 11.0. The number of hydrogen-bond donors (Lipinski definition) is 5. The summed E-state index contributed by atoms with van der Waals surface area (Å²) >= 11 is 0. The standard InChI is InChI=1S/C9H14O9/c1-3(11)8(15)18-9(16)7(14)6(13)5(12)4(2-10)17-9/h4-7,10,12-14,16H,2H2,1H3/t4-,5+,6+,7-,9?/m1/s1. The fourth-order valence-corrected chi connectivity index (χ4v) is 1.41. The van der Waals surface area contributed by atoms with Crippen LogP contribution in [0.1, 0.15) is 6.92 Å². The second-order valence-corrected chi connectivity index (χ2v) is 3.84. The van der Waals surface area contributed by atoms with Crippen LogP contribution in [0.4, 0.5) is 0 Å². The highest BCUT2D eigenvalue weighted by atomic mass is 16.8. The Balaban J connectivity index is 2.91. The number of aliphatic hydroxyl groups excluding tert-OH is 4. The van der Waals surface area contributed by atoms with Crippen LogP contribution in [0.2, 0.25) is 0 Å². The van der Waals surface area contributed by atoms with E-state index in [1.54, 1.807) is 0 Å². The van der Waals surface area contributed by atoms with Crippen molar-refractivity contribution in [2.75, 3.05) is 6.61 Å². The van der Waals surface area contributed by atoms with E-state index in [0.29, 0.717) is 0 Å². The van der Waals surface area contributed by atoms with Crippen molar-refractivity contribution < 1.29 is 44.6 Å². The number of rotatable bonds is 3. The summed E-state index contributed by atoms with van der Waals surface area (Å²) in [5.41, 5.74) is 0. The van der Waals surface area contributed by atoms with Gasteiger partial charge < -0.3 is 35.0 Å². The summed E-state index contributed by atoms with van der Waals surface area (Å²) in [7, 11) is 0. The van der Waals surface area contributed by atoms with Gasteiger partial charge in [-0.15, -0.1) is 0 Å². The predicted octanol–water partition coefficient (Wildman–Crippen LogP) is -3.76. The average molecular weight is 266 g/mol. The lowest BCUT2D eigenvalue weighted by molar-refractivity contribution is -0.433. The Morgan fingerprint density at radius 2 is 1.83 bits per heavy atom. The first-order valence-corrected chi connectivity index (χ1v) is 5.02. The molecule has 0 radical (unpaired) electrons. The van der Waals surface area contributed by atoms with Gasteiger partial charge in [-0.1, -0.05) is 0 Å². The average Bonchev–Trinajstić information content (AvgIpc) is 2.31. The van der Waals surface area contributed by atoms with Crippen LogP contribution in [-0.2, 0) is 19.1 Å². The second kappa shape index (κ2) is 5.26. The number of carbonyl (C=O) groups is 2. The third-order valence-electron chi connectivity index (χ3n) is 2.45. The van der Waals surface area contributed by atoms with E-state index in [9.17, 15) is 30.0 Å². The molecule has 1 saturated heterocycles. The van der Waals surface area contributed by atoms with Gasteiger partial charge in [0.25, 0.3) is 0 Å². The lowest BCUT2D eigenvalue weighted by atomic mass is 9.98. The Kier molecular flexibility index (Phi) is 4.37. The van der Waals surface area contributed by atoms with E-state index in [4.69, 9.17) is 5.11 Å². The molecule has 104 valence electrons. The SMILES string of the molecule is CC(=O)C(=O)OC1(O)O[C@H](CO)[C@H](O)[C@H](O)[C@H]1O. The van der Waals surface area contributed by atoms with Crippen LogP contribution in [0.15, 0.2) is 0 Å². The number of ketones is 1. The highest BCUT2D eigenvalue weighted by Gasteiger charge is 2.56. The monoisotopic (exact) mass is 266 g/mol. The van der Waals surface area contributed by atoms with E-state index in [1.165, 1.54) is 0 Å². The molecule has 0 spiro atoms. The zero-order valence-corrected chi connectivity index (χ0v) is 9.39. The van der Waals surface area contributed by atoms with E-state index in [1.807, 2.05) is 0 Å². The molecule has 1 aliphatic heterocycles. The van der Waals surface area contributed by atoms with Crippen LogP contribution in [-0.4, -0.2) is 74.3 Å². The molecule has 5 atom stereocenters. The van der Waals surface area contributed by atoms with Crippen molar-refractivity contribution in [1.29, 1.82) is 0 Å². The van der Waals surface area contributed by atoms with E-state index >= 15 is 0 Å². The van der Waals surface area contributed by atoms with Gasteiger partial charge in [0.2, 0.25) is 5.78 Å². The van der Waals surface area contributed by atoms with Gasteiger partial charge in [-0.25, -0.2) is 4.79 Å². The normalized spacial score (nSPS) is 40.3. The summed E-state index contributed by atoms with van der Waals surface area (Å²) in [6, 6.07) is 0. The summed E-state index contributed by atoms with van der Waals surface area (Å²) in [6.45, 7) is 0.0422. The number of Topliss-reactive ketones (excluding diaryl/α,β-unsaturated/α-hetero) is 1. The molecule has 1 fully saturated rings. The minimum absolute atomic E-state index is 0.815. The van der Waals surface area contributed by atoms with E-state index in [0.717, 1.165) is 6.92 Å². The molecule has 9 heteroatoms. The Labute approximate surface area is 101 Å². The van der Waals surface area contributed by atoms with Crippen molar-refractivity contribution in [3.63, 3.8) is 0 Å². The second-order valence-electron chi connectivity index (χ2n) is 3.84. The van der Waals surface area contributed by atoms with Crippen LogP contribution >= 0.6 is 0 Å². The summed E-state index contributed by atoms with van der Waals surface area (Å²) in [4.78, 5) is 21.7. The number of hydrogen-bond acceptors (Lipinski definition) is 9. The lowest BCUT2D eigenvalue weighted by Gasteiger charge is -2.43. The predicted molar refractivity (Wildman–Crippen MR) is 51.7 cm³/mol. The van der Waals surface area contributed by atoms with Crippen LogP contribution in [0.5, 0.6) is 0 Å². The molecule has 0 amide bonds. The molecule has 5 N–H and O–H groups in total. The van der Waals surface area contributed by atoms with Gasteiger partial charge in [0.05, 0.1) is 6.61 Å². The van der Waals surface area contributed by atoms with Gasteiger partial charge in [-0.2, -0.15) is 0 Å². The summed E-state index contributed by atoms with van der Waals surface area (Å²) in [5.74, 6) is -5.59. The first-order chi connectivity index (χ1) is 8.23. The van der Waals surface area contributed by atoms with Gasteiger partial charge in [-0.05, 0) is 0 Å². The maximum Gasteiger partial charge on any atom is 0.378 e. The molecule has 1 rings (SSSR count). The topological polar surface area (TPSA) is 154 Å². The Morgan fingerprint density at radius 1 is 1.28 bits per heavy atom. The Bertz CT molecular complexity index is 341. The molecule has 1 unspecified atom stereocenters. The molecular formula is C9H14O9. The van der Waals surface area contributed by atoms with Crippen molar-refractivity contribution in [2.24, 2.45) is 0 Å². The molecule has 0 bridgehead atoms. The molecule has 0 aromatic heterocycles. The fourth-order valence-electron chi connectivity index (χ4n) is 1.41. The van der Waals surface area contributed by atoms with Crippen LogP contribution in [0.25, 0.3) is 0 Å². The zero-order chi connectivity index (χ0) is 14.1. The number of carbonyl (C=O) groups excluding carboxylic acids is 2. The van der Waals surface area contributed by atoms with E-state index in [-0.39, 0.29) is 0 Å². The van der Waals surface area contributed by atoms with Crippen LogP contribution in [0, 0.1) is 0 Å². The molecular weight excluding hydrogens is 252 g/mol. The third kappa shape index (κ3) is 2.66. The lowest BCUT2D eigenvalue weighted by Crippen LogP contribution is -2.66. The molecule has 9 nitrogen and oxygen atoms in total. The molecule has 0 aliphatic carbocycles. The highest BCUT2D eigenvalue weighted by molar-refractivity contribution is 6.32. The zero-order valence-electron chi connectivity index (χ0n) is 9.39. The molecule has 0 aromatic carbocycles. The largest absolute Gasteiger partial charge is 0.400 e. The van der Waals surface area contributed by atoms with Crippen molar-refractivity contribution in [1.82, 2.24) is 0 Å². The molecule has 1 aliphatic rings. The number of aliphatic hydroxyl groups is 5. The molecule has 1 heterocycles. The Hall–Kier alpha value is -1.10. The van der Waals surface area contributed by atoms with E-state index < -0.39 is 48.7 Å². The number of ether oxygens (including phenoxy) is 2. The quantitative estimate of drug-likeness (QED) is 0.197. The summed E-state index contributed by atoms with van der Waals surface area (Å²) < 4.78 is 8.81. The number of esters is 1.